The molecule has 0 aromatic heterocycles. The first-order valence-corrected chi connectivity index (χ1v) is 7.73. The molecule has 1 atom stereocenters. The maximum atomic E-state index is 3.62. The van der Waals surface area contributed by atoms with Crippen LogP contribution >= 0.6 is 15.9 Å². The molecule has 1 fully saturated rings. The van der Waals surface area contributed by atoms with Crippen LogP contribution in [0.15, 0.2) is 28.7 Å². The van der Waals surface area contributed by atoms with E-state index in [2.05, 4.69) is 57.3 Å². The zero-order chi connectivity index (χ0) is 12.8. The highest BCUT2D eigenvalue weighted by atomic mass is 79.9. The summed E-state index contributed by atoms with van der Waals surface area (Å²) < 4.78 is 1.15. The number of likely N-dealkylation sites (tertiary alicyclic amines) is 1. The summed E-state index contributed by atoms with van der Waals surface area (Å²) in [5.41, 5.74) is 1.40. The first kappa shape index (κ1) is 14.0. The van der Waals surface area contributed by atoms with Gasteiger partial charge in [-0.1, -0.05) is 28.1 Å². The number of benzene rings is 1. The normalized spacial score (nSPS) is 18.1. The van der Waals surface area contributed by atoms with E-state index < -0.39 is 0 Å². The van der Waals surface area contributed by atoms with Gasteiger partial charge in [0.2, 0.25) is 0 Å². The van der Waals surface area contributed by atoms with Crippen molar-refractivity contribution in [2.24, 2.45) is 0 Å². The van der Waals surface area contributed by atoms with Gasteiger partial charge in [-0.2, -0.15) is 0 Å². The van der Waals surface area contributed by atoms with Crippen molar-refractivity contribution in [2.75, 3.05) is 26.2 Å². The van der Waals surface area contributed by atoms with E-state index in [9.17, 15) is 0 Å². The fourth-order valence-corrected chi connectivity index (χ4v) is 2.80. The van der Waals surface area contributed by atoms with E-state index in [-0.39, 0.29) is 0 Å². The molecule has 0 spiro atoms. The van der Waals surface area contributed by atoms with Gasteiger partial charge in [0.25, 0.3) is 0 Å². The minimum absolute atomic E-state index is 0.596. The summed E-state index contributed by atoms with van der Waals surface area (Å²) >= 11 is 3.46. The molecular weight excluding hydrogens is 288 g/mol. The van der Waals surface area contributed by atoms with Crippen molar-refractivity contribution >= 4 is 15.9 Å². The molecule has 0 bridgehead atoms. The highest BCUT2D eigenvalue weighted by Gasteiger charge is 2.13. The van der Waals surface area contributed by atoms with Crippen molar-refractivity contribution in [1.82, 2.24) is 10.2 Å². The molecule has 1 N–H and O–H groups in total. The lowest BCUT2D eigenvalue weighted by molar-refractivity contribution is 0.299. The van der Waals surface area contributed by atoms with E-state index >= 15 is 0 Å². The van der Waals surface area contributed by atoms with Crippen molar-refractivity contribution in [3.05, 3.63) is 34.3 Å². The quantitative estimate of drug-likeness (QED) is 0.868. The average molecular weight is 311 g/mol. The van der Waals surface area contributed by atoms with Crippen LogP contribution in [0.4, 0.5) is 0 Å². The molecule has 100 valence electrons. The minimum atomic E-state index is 0.596. The van der Waals surface area contributed by atoms with Gasteiger partial charge in [0.15, 0.2) is 0 Å². The van der Waals surface area contributed by atoms with E-state index in [4.69, 9.17) is 0 Å². The van der Waals surface area contributed by atoms with Crippen LogP contribution in [-0.2, 0) is 6.42 Å². The van der Waals surface area contributed by atoms with Crippen LogP contribution in [-0.4, -0.2) is 37.1 Å². The van der Waals surface area contributed by atoms with Crippen LogP contribution in [0.5, 0.6) is 0 Å². The zero-order valence-electron chi connectivity index (χ0n) is 11.2. The van der Waals surface area contributed by atoms with Crippen molar-refractivity contribution in [1.29, 1.82) is 0 Å². The van der Waals surface area contributed by atoms with Gasteiger partial charge in [0, 0.05) is 17.1 Å². The molecular formula is C15H23BrN2. The van der Waals surface area contributed by atoms with E-state index in [1.54, 1.807) is 0 Å². The Morgan fingerprint density at radius 2 is 1.89 bits per heavy atom. The Morgan fingerprint density at radius 3 is 2.56 bits per heavy atom. The van der Waals surface area contributed by atoms with Crippen LogP contribution in [0, 0.1) is 0 Å². The molecule has 18 heavy (non-hydrogen) atoms. The Kier molecular flexibility index (Phi) is 5.67. The SMILES string of the molecule is CC(CN1CCCC1)NCCc1ccc(Br)cc1. The molecule has 1 aliphatic heterocycles. The lowest BCUT2D eigenvalue weighted by Gasteiger charge is -2.21. The highest BCUT2D eigenvalue weighted by Crippen LogP contribution is 2.11. The molecule has 2 nitrogen and oxygen atoms in total. The summed E-state index contributed by atoms with van der Waals surface area (Å²) in [5, 5.41) is 3.62. The van der Waals surface area contributed by atoms with Crippen molar-refractivity contribution in [2.45, 2.75) is 32.2 Å². The van der Waals surface area contributed by atoms with E-state index in [1.165, 1.54) is 38.0 Å². The molecule has 1 aromatic rings. The van der Waals surface area contributed by atoms with Crippen LogP contribution in [0.1, 0.15) is 25.3 Å². The summed E-state index contributed by atoms with van der Waals surface area (Å²) in [6, 6.07) is 9.21. The summed E-state index contributed by atoms with van der Waals surface area (Å²) in [4.78, 5) is 2.57. The third-order valence-corrected chi connectivity index (χ3v) is 4.08. The Labute approximate surface area is 119 Å². The van der Waals surface area contributed by atoms with E-state index in [1.807, 2.05) is 0 Å². The molecule has 0 radical (unpaired) electrons. The predicted molar refractivity (Wildman–Crippen MR) is 81.0 cm³/mol. The number of hydrogen-bond donors (Lipinski definition) is 1. The molecule has 0 aliphatic carbocycles. The maximum absolute atomic E-state index is 3.62. The molecule has 0 saturated carbocycles. The predicted octanol–water partition coefficient (Wildman–Crippen LogP) is 3.07. The molecule has 0 amide bonds. The monoisotopic (exact) mass is 310 g/mol. The van der Waals surface area contributed by atoms with Crippen LogP contribution in [0.25, 0.3) is 0 Å². The molecule has 3 heteroatoms. The third-order valence-electron chi connectivity index (χ3n) is 3.55. The van der Waals surface area contributed by atoms with Crippen molar-refractivity contribution in [3.63, 3.8) is 0 Å². The van der Waals surface area contributed by atoms with Gasteiger partial charge in [-0.25, -0.2) is 0 Å². The maximum Gasteiger partial charge on any atom is 0.0175 e. The summed E-state index contributed by atoms with van der Waals surface area (Å²) in [7, 11) is 0. The Morgan fingerprint density at radius 1 is 1.22 bits per heavy atom. The number of nitrogens with zero attached hydrogens (tertiary/aromatic N) is 1. The van der Waals surface area contributed by atoms with Crippen molar-refractivity contribution < 1.29 is 0 Å². The largest absolute Gasteiger partial charge is 0.313 e. The van der Waals surface area contributed by atoms with Gasteiger partial charge < -0.3 is 10.2 Å². The highest BCUT2D eigenvalue weighted by molar-refractivity contribution is 9.10. The molecule has 1 aromatic carbocycles. The molecule has 1 aliphatic rings. The van der Waals surface area contributed by atoms with Gasteiger partial charge >= 0.3 is 0 Å². The standard InChI is InChI=1S/C15H23BrN2/c1-13(12-18-10-2-3-11-18)17-9-8-14-4-6-15(16)7-5-14/h4-7,13,17H,2-3,8-12H2,1H3. The number of rotatable bonds is 6. The smallest absolute Gasteiger partial charge is 0.0175 e. The van der Waals surface area contributed by atoms with Crippen LogP contribution in [0.2, 0.25) is 0 Å². The van der Waals surface area contributed by atoms with E-state index in [0.717, 1.165) is 17.4 Å². The molecule has 2 rings (SSSR count). The zero-order valence-corrected chi connectivity index (χ0v) is 12.7. The Balaban J connectivity index is 1.63. The first-order valence-electron chi connectivity index (χ1n) is 6.94. The topological polar surface area (TPSA) is 15.3 Å². The fourth-order valence-electron chi connectivity index (χ4n) is 2.53. The molecule has 1 saturated heterocycles. The van der Waals surface area contributed by atoms with Crippen molar-refractivity contribution in [3.8, 4) is 0 Å². The van der Waals surface area contributed by atoms with Gasteiger partial charge in [-0.3, -0.25) is 0 Å². The lowest BCUT2D eigenvalue weighted by Crippen LogP contribution is -2.38. The second kappa shape index (κ2) is 7.27. The Bertz CT molecular complexity index is 344. The number of halogens is 1. The third kappa shape index (κ3) is 4.71. The minimum Gasteiger partial charge on any atom is -0.313 e. The molecule has 1 heterocycles. The van der Waals surface area contributed by atoms with Gasteiger partial charge in [0.05, 0.1) is 0 Å². The number of hydrogen-bond acceptors (Lipinski definition) is 2. The molecule has 1 unspecified atom stereocenters. The van der Waals surface area contributed by atoms with Gasteiger partial charge in [-0.05, 0) is 63.5 Å². The Hall–Kier alpha value is -0.380. The van der Waals surface area contributed by atoms with Crippen LogP contribution in [0.3, 0.4) is 0 Å². The number of nitrogens with one attached hydrogen (secondary N) is 1. The lowest BCUT2D eigenvalue weighted by atomic mass is 10.1. The average Bonchev–Trinajstić information content (AvgIpc) is 2.84. The summed E-state index contributed by atoms with van der Waals surface area (Å²) in [5.74, 6) is 0. The van der Waals surface area contributed by atoms with Gasteiger partial charge in [0.1, 0.15) is 0 Å². The second-order valence-corrected chi connectivity index (χ2v) is 6.16. The first-order chi connectivity index (χ1) is 8.74. The second-order valence-electron chi connectivity index (χ2n) is 5.24. The van der Waals surface area contributed by atoms with Crippen LogP contribution < -0.4 is 5.32 Å². The van der Waals surface area contributed by atoms with E-state index in [0.29, 0.717) is 6.04 Å². The summed E-state index contributed by atoms with van der Waals surface area (Å²) in [6.45, 7) is 7.13. The summed E-state index contributed by atoms with van der Waals surface area (Å²) in [6.07, 6.45) is 3.87. The van der Waals surface area contributed by atoms with Gasteiger partial charge in [-0.15, -0.1) is 0 Å². The fraction of sp³-hybridized carbons (Fsp3) is 0.600.